The number of hydrogen-bond acceptors (Lipinski definition) is 3. The SMILES string of the molecule is COC1CCC(N2C(=O)C3(CCCC3)NC2C(C)C)C1. The molecule has 1 saturated heterocycles. The van der Waals surface area contributed by atoms with Crippen molar-refractivity contribution in [3.05, 3.63) is 0 Å². The maximum atomic E-state index is 13.0. The Bertz CT molecular complexity index is 377. The predicted molar refractivity (Wildman–Crippen MR) is 78.2 cm³/mol. The fourth-order valence-electron chi connectivity index (χ4n) is 4.39. The number of nitrogens with zero attached hydrogens (tertiary/aromatic N) is 1. The van der Waals surface area contributed by atoms with E-state index < -0.39 is 0 Å². The van der Waals surface area contributed by atoms with Gasteiger partial charge in [0.25, 0.3) is 0 Å². The summed E-state index contributed by atoms with van der Waals surface area (Å²) in [6.07, 6.45) is 8.13. The second-order valence-corrected chi connectivity index (χ2v) is 7.16. The van der Waals surface area contributed by atoms with Crippen LogP contribution >= 0.6 is 0 Å². The van der Waals surface area contributed by atoms with E-state index in [0.29, 0.717) is 24.0 Å². The van der Waals surface area contributed by atoms with Crippen LogP contribution in [0.4, 0.5) is 0 Å². The van der Waals surface area contributed by atoms with Gasteiger partial charge in [-0.15, -0.1) is 0 Å². The largest absolute Gasteiger partial charge is 0.381 e. The Balaban J connectivity index is 1.81. The summed E-state index contributed by atoms with van der Waals surface area (Å²) in [5.74, 6) is 0.830. The summed E-state index contributed by atoms with van der Waals surface area (Å²) in [5, 5.41) is 3.71. The molecular formula is C16H28N2O2. The molecule has 0 radical (unpaired) electrons. The minimum absolute atomic E-state index is 0.209. The molecule has 3 unspecified atom stereocenters. The number of carbonyl (C=O) groups is 1. The van der Waals surface area contributed by atoms with Crippen LogP contribution in [0.25, 0.3) is 0 Å². The summed E-state index contributed by atoms with van der Waals surface area (Å²) < 4.78 is 5.49. The zero-order valence-electron chi connectivity index (χ0n) is 13.0. The van der Waals surface area contributed by atoms with E-state index in [1.807, 2.05) is 0 Å². The van der Waals surface area contributed by atoms with Gasteiger partial charge in [0.05, 0.1) is 17.8 Å². The minimum atomic E-state index is -0.236. The Morgan fingerprint density at radius 2 is 2.00 bits per heavy atom. The third-order valence-electron chi connectivity index (χ3n) is 5.54. The molecular weight excluding hydrogens is 252 g/mol. The molecule has 3 rings (SSSR count). The molecule has 4 heteroatoms. The van der Waals surface area contributed by atoms with Gasteiger partial charge in [-0.2, -0.15) is 0 Å². The van der Waals surface area contributed by atoms with Crippen LogP contribution in [0.3, 0.4) is 0 Å². The third kappa shape index (κ3) is 2.17. The summed E-state index contributed by atoms with van der Waals surface area (Å²) in [4.78, 5) is 15.2. The number of amides is 1. The number of carbonyl (C=O) groups excluding carboxylic acids is 1. The van der Waals surface area contributed by atoms with Crippen molar-refractivity contribution in [2.45, 2.75) is 82.6 Å². The monoisotopic (exact) mass is 280 g/mol. The highest BCUT2D eigenvalue weighted by Gasteiger charge is 2.55. The van der Waals surface area contributed by atoms with E-state index in [1.165, 1.54) is 12.8 Å². The molecule has 0 aromatic heterocycles. The van der Waals surface area contributed by atoms with Crippen molar-refractivity contribution >= 4 is 5.91 Å². The minimum Gasteiger partial charge on any atom is -0.381 e. The van der Waals surface area contributed by atoms with Crippen molar-refractivity contribution in [1.29, 1.82) is 0 Å². The fraction of sp³-hybridized carbons (Fsp3) is 0.938. The molecule has 2 saturated carbocycles. The lowest BCUT2D eigenvalue weighted by Gasteiger charge is -2.32. The van der Waals surface area contributed by atoms with Crippen LogP contribution in [0.15, 0.2) is 0 Å². The lowest BCUT2D eigenvalue weighted by molar-refractivity contribution is -0.135. The summed E-state index contributed by atoms with van der Waals surface area (Å²) in [6.45, 7) is 4.43. The van der Waals surface area contributed by atoms with E-state index in [2.05, 4.69) is 24.1 Å². The van der Waals surface area contributed by atoms with Crippen LogP contribution in [-0.2, 0) is 9.53 Å². The average molecular weight is 280 g/mol. The molecule has 3 fully saturated rings. The number of nitrogens with one attached hydrogen (secondary N) is 1. The van der Waals surface area contributed by atoms with Gasteiger partial charge >= 0.3 is 0 Å². The molecule has 1 amide bonds. The Hall–Kier alpha value is -0.610. The Labute approximate surface area is 122 Å². The van der Waals surface area contributed by atoms with Gasteiger partial charge < -0.3 is 9.64 Å². The van der Waals surface area contributed by atoms with Crippen LogP contribution < -0.4 is 5.32 Å². The standard InChI is InChI=1S/C16H28N2O2/c1-11(2)14-17-16(8-4-5-9-16)15(19)18(14)12-6-7-13(10-12)20-3/h11-14,17H,4-10H2,1-3H3. The van der Waals surface area contributed by atoms with E-state index in [1.54, 1.807) is 7.11 Å². The first-order valence-corrected chi connectivity index (χ1v) is 8.20. The van der Waals surface area contributed by atoms with Gasteiger partial charge in [0.15, 0.2) is 0 Å². The van der Waals surface area contributed by atoms with Crippen LogP contribution in [0.1, 0.15) is 58.8 Å². The smallest absolute Gasteiger partial charge is 0.244 e. The predicted octanol–water partition coefficient (Wildman–Crippen LogP) is 2.28. The highest BCUT2D eigenvalue weighted by molar-refractivity contribution is 5.89. The van der Waals surface area contributed by atoms with Crippen LogP contribution in [0, 0.1) is 5.92 Å². The lowest BCUT2D eigenvalue weighted by atomic mass is 9.97. The molecule has 3 atom stereocenters. The number of rotatable bonds is 3. The molecule has 1 N–H and O–H groups in total. The maximum Gasteiger partial charge on any atom is 0.244 e. The van der Waals surface area contributed by atoms with Gasteiger partial charge in [-0.05, 0) is 38.0 Å². The van der Waals surface area contributed by atoms with Crippen molar-refractivity contribution in [3.8, 4) is 0 Å². The molecule has 1 aliphatic heterocycles. The maximum absolute atomic E-state index is 13.0. The lowest BCUT2D eigenvalue weighted by Crippen LogP contribution is -2.46. The van der Waals surface area contributed by atoms with Crippen molar-refractivity contribution in [2.24, 2.45) is 5.92 Å². The van der Waals surface area contributed by atoms with Gasteiger partial charge in [0, 0.05) is 13.2 Å². The Kier molecular flexibility index (Phi) is 3.80. The zero-order chi connectivity index (χ0) is 14.3. The van der Waals surface area contributed by atoms with Gasteiger partial charge in [-0.3, -0.25) is 10.1 Å². The van der Waals surface area contributed by atoms with Crippen LogP contribution in [-0.4, -0.2) is 41.8 Å². The zero-order valence-corrected chi connectivity index (χ0v) is 13.0. The Morgan fingerprint density at radius 1 is 1.30 bits per heavy atom. The fourth-order valence-corrected chi connectivity index (χ4v) is 4.39. The van der Waals surface area contributed by atoms with E-state index in [0.717, 1.165) is 32.1 Å². The van der Waals surface area contributed by atoms with Crippen molar-refractivity contribution in [3.63, 3.8) is 0 Å². The van der Waals surface area contributed by atoms with Crippen LogP contribution in [0.2, 0.25) is 0 Å². The van der Waals surface area contributed by atoms with Crippen LogP contribution in [0.5, 0.6) is 0 Å². The molecule has 0 aromatic carbocycles. The molecule has 2 aliphatic carbocycles. The van der Waals surface area contributed by atoms with Gasteiger partial charge in [-0.25, -0.2) is 0 Å². The van der Waals surface area contributed by atoms with E-state index in [4.69, 9.17) is 4.74 Å². The number of ether oxygens (including phenoxy) is 1. The summed E-state index contributed by atoms with van der Waals surface area (Å²) in [7, 11) is 1.79. The number of hydrogen-bond donors (Lipinski definition) is 1. The van der Waals surface area contributed by atoms with E-state index in [-0.39, 0.29) is 11.7 Å². The highest BCUT2D eigenvalue weighted by Crippen LogP contribution is 2.41. The second kappa shape index (κ2) is 5.30. The normalized spacial score (nSPS) is 36.7. The molecule has 1 heterocycles. The summed E-state index contributed by atoms with van der Waals surface area (Å²) in [5.41, 5.74) is -0.236. The first kappa shape index (κ1) is 14.3. The van der Waals surface area contributed by atoms with Crippen molar-refractivity contribution in [2.75, 3.05) is 7.11 Å². The first-order chi connectivity index (χ1) is 9.57. The second-order valence-electron chi connectivity index (χ2n) is 7.16. The quantitative estimate of drug-likeness (QED) is 0.862. The van der Waals surface area contributed by atoms with Gasteiger partial charge in [0.1, 0.15) is 0 Å². The Morgan fingerprint density at radius 3 is 2.55 bits per heavy atom. The first-order valence-electron chi connectivity index (χ1n) is 8.20. The van der Waals surface area contributed by atoms with Crippen molar-refractivity contribution in [1.82, 2.24) is 10.2 Å². The third-order valence-corrected chi connectivity index (χ3v) is 5.54. The highest BCUT2D eigenvalue weighted by atomic mass is 16.5. The number of methoxy groups -OCH3 is 1. The molecule has 4 nitrogen and oxygen atoms in total. The van der Waals surface area contributed by atoms with Gasteiger partial charge in [0.2, 0.25) is 5.91 Å². The summed E-state index contributed by atoms with van der Waals surface area (Å²) in [6, 6.07) is 0.368. The molecule has 1 spiro atoms. The molecule has 3 aliphatic rings. The summed E-state index contributed by atoms with van der Waals surface area (Å²) >= 11 is 0. The molecule has 114 valence electrons. The molecule has 20 heavy (non-hydrogen) atoms. The topological polar surface area (TPSA) is 41.6 Å². The molecule has 0 bridgehead atoms. The average Bonchev–Trinajstić information content (AvgIpc) is 3.12. The van der Waals surface area contributed by atoms with E-state index in [9.17, 15) is 4.79 Å². The van der Waals surface area contributed by atoms with Gasteiger partial charge in [-0.1, -0.05) is 26.7 Å². The van der Waals surface area contributed by atoms with Crippen molar-refractivity contribution < 1.29 is 9.53 Å². The van der Waals surface area contributed by atoms with E-state index >= 15 is 0 Å². The molecule has 0 aromatic rings.